The number of halogens is 6. The highest BCUT2D eigenvalue weighted by atomic mass is 19.4. The minimum Gasteiger partial charge on any atom is -0.456 e. The smallest absolute Gasteiger partial charge is 0.407 e. The fourth-order valence-electron chi connectivity index (χ4n) is 6.44. The number of aliphatic hydroxyl groups is 1. The largest absolute Gasteiger partial charge is 0.456 e. The molecular weight excluding hydrogens is 712 g/mol. The van der Waals surface area contributed by atoms with Crippen LogP contribution in [-0.2, 0) is 26.3 Å². The molecule has 1 fully saturated rings. The van der Waals surface area contributed by atoms with Crippen LogP contribution in [-0.4, -0.2) is 64.0 Å². The van der Waals surface area contributed by atoms with Crippen molar-refractivity contribution < 1.29 is 55.3 Å². The molecule has 5 rings (SSSR count). The number of esters is 1. The number of aromatic nitrogens is 2. The second-order valence-corrected chi connectivity index (χ2v) is 14.6. The van der Waals surface area contributed by atoms with Gasteiger partial charge < -0.3 is 30.1 Å². The van der Waals surface area contributed by atoms with E-state index in [2.05, 4.69) is 20.6 Å². The highest BCUT2D eigenvalue weighted by molar-refractivity contribution is 6.05. The maximum Gasteiger partial charge on any atom is 0.407 e. The lowest BCUT2D eigenvalue weighted by Gasteiger charge is -2.41. The number of nitrogens with one attached hydrogen (secondary N) is 2. The Bertz CT molecular complexity index is 1900. The molecule has 2 aromatic heterocycles. The van der Waals surface area contributed by atoms with E-state index in [-0.39, 0.29) is 42.0 Å². The van der Waals surface area contributed by atoms with Gasteiger partial charge in [-0.25, -0.2) is 22.9 Å². The predicted molar refractivity (Wildman–Crippen MR) is 179 cm³/mol. The van der Waals surface area contributed by atoms with Crippen LogP contribution < -0.4 is 15.5 Å². The molecule has 286 valence electrons. The van der Waals surface area contributed by atoms with Crippen molar-refractivity contribution >= 4 is 29.3 Å². The molecule has 0 bridgehead atoms. The van der Waals surface area contributed by atoms with Crippen molar-refractivity contribution in [1.29, 1.82) is 0 Å². The number of rotatable bonds is 7. The topological polar surface area (TPSA) is 143 Å². The summed E-state index contributed by atoms with van der Waals surface area (Å²) in [5.74, 6) is -7.23. The lowest BCUT2D eigenvalue weighted by atomic mass is 9.92. The molecule has 53 heavy (non-hydrogen) atoms. The van der Waals surface area contributed by atoms with Gasteiger partial charge in [0.05, 0.1) is 46.4 Å². The molecule has 17 heteroatoms. The van der Waals surface area contributed by atoms with E-state index in [0.717, 1.165) is 24.3 Å². The van der Waals surface area contributed by atoms with E-state index < -0.39 is 101 Å². The van der Waals surface area contributed by atoms with E-state index in [1.807, 2.05) is 0 Å². The molecule has 3 heterocycles. The average molecular weight is 752 g/mol. The predicted octanol–water partition coefficient (Wildman–Crippen LogP) is 6.87. The third-order valence-electron chi connectivity index (χ3n) is 8.72. The molecule has 1 aromatic carbocycles. The van der Waals surface area contributed by atoms with Gasteiger partial charge in [0.1, 0.15) is 40.5 Å². The van der Waals surface area contributed by atoms with Gasteiger partial charge in [0.2, 0.25) is 0 Å². The summed E-state index contributed by atoms with van der Waals surface area (Å²) in [6, 6.07) is 2.30. The van der Waals surface area contributed by atoms with Crippen LogP contribution >= 0.6 is 0 Å². The number of ether oxygens (including phenoxy) is 2. The zero-order valence-electron chi connectivity index (χ0n) is 29.8. The summed E-state index contributed by atoms with van der Waals surface area (Å²) in [6.45, 7) is 7.88. The number of alkyl halides is 3. The number of pyridine rings is 2. The lowest BCUT2D eigenvalue weighted by Crippen LogP contribution is -2.54. The number of hydrogen-bond donors (Lipinski definition) is 3. The first-order valence-electron chi connectivity index (χ1n) is 16.7. The molecule has 1 aliphatic heterocycles. The van der Waals surface area contributed by atoms with Crippen LogP contribution in [0.5, 0.6) is 0 Å². The number of fused-ring (bicyclic) bond motifs is 1. The van der Waals surface area contributed by atoms with Crippen LogP contribution in [0.3, 0.4) is 0 Å². The van der Waals surface area contributed by atoms with Gasteiger partial charge in [-0.1, -0.05) is 0 Å². The van der Waals surface area contributed by atoms with E-state index >= 15 is 13.2 Å². The third-order valence-corrected chi connectivity index (χ3v) is 8.72. The van der Waals surface area contributed by atoms with Gasteiger partial charge in [-0.05, 0) is 83.7 Å². The SMILES string of the molecule is CC(=O)OC1CCc2c1ncc(NC(=O)c1ccc(F)c(-c3c(F)cc(C(C)(C)O)cc3F)n1)c2N1CC(NC(=O)OC(C)(C)C)CC(C(F)(F)F)C1. The van der Waals surface area contributed by atoms with Gasteiger partial charge in [0.15, 0.2) is 0 Å². The van der Waals surface area contributed by atoms with E-state index in [4.69, 9.17) is 9.47 Å². The molecule has 0 radical (unpaired) electrons. The van der Waals surface area contributed by atoms with Crippen molar-refractivity contribution in [3.8, 4) is 11.3 Å². The Labute approximate surface area is 301 Å². The fraction of sp³-hybridized carbons (Fsp3) is 0.472. The average Bonchev–Trinajstić information content (AvgIpc) is 3.41. The zero-order valence-corrected chi connectivity index (χ0v) is 29.8. The Morgan fingerprint density at radius 3 is 2.23 bits per heavy atom. The van der Waals surface area contributed by atoms with Crippen LogP contribution in [0.1, 0.15) is 87.8 Å². The van der Waals surface area contributed by atoms with Crippen molar-refractivity contribution in [2.24, 2.45) is 5.92 Å². The van der Waals surface area contributed by atoms with Gasteiger partial charge >= 0.3 is 18.2 Å². The fourth-order valence-corrected chi connectivity index (χ4v) is 6.44. The lowest BCUT2D eigenvalue weighted by molar-refractivity contribution is -0.177. The van der Waals surface area contributed by atoms with Gasteiger partial charge in [0, 0.05) is 25.6 Å². The van der Waals surface area contributed by atoms with Gasteiger partial charge in [-0.2, -0.15) is 13.2 Å². The summed E-state index contributed by atoms with van der Waals surface area (Å²) in [4.78, 5) is 47.8. The highest BCUT2D eigenvalue weighted by Crippen LogP contribution is 2.45. The van der Waals surface area contributed by atoms with Crippen molar-refractivity contribution in [2.75, 3.05) is 23.3 Å². The molecule has 3 N–H and O–H groups in total. The first kappa shape index (κ1) is 39.3. The quantitative estimate of drug-likeness (QED) is 0.174. The van der Waals surface area contributed by atoms with Crippen molar-refractivity contribution in [3.05, 3.63) is 70.4 Å². The Morgan fingerprint density at radius 2 is 1.64 bits per heavy atom. The third kappa shape index (κ3) is 9.00. The first-order valence-corrected chi connectivity index (χ1v) is 16.7. The maximum atomic E-state index is 15.2. The van der Waals surface area contributed by atoms with Crippen LogP contribution in [0.2, 0.25) is 0 Å². The van der Waals surface area contributed by atoms with Gasteiger partial charge in [-0.3, -0.25) is 14.6 Å². The number of anilines is 2. The summed E-state index contributed by atoms with van der Waals surface area (Å²) in [5, 5.41) is 15.3. The maximum absolute atomic E-state index is 15.2. The van der Waals surface area contributed by atoms with Crippen molar-refractivity contribution in [1.82, 2.24) is 15.3 Å². The normalized spacial score (nSPS) is 19.0. The van der Waals surface area contributed by atoms with E-state index in [1.165, 1.54) is 31.9 Å². The molecule has 1 aliphatic carbocycles. The number of nitrogens with zero attached hydrogens (tertiary/aromatic N) is 3. The van der Waals surface area contributed by atoms with Crippen LogP contribution in [0.15, 0.2) is 30.5 Å². The summed E-state index contributed by atoms with van der Waals surface area (Å²) < 4.78 is 99.1. The van der Waals surface area contributed by atoms with E-state index in [1.54, 1.807) is 20.8 Å². The second kappa shape index (κ2) is 14.5. The number of carbonyl (C=O) groups is 3. The molecular formula is C36H39F6N5O6. The Morgan fingerprint density at radius 1 is 0.981 bits per heavy atom. The Hall–Kier alpha value is -4.93. The zero-order chi connectivity index (χ0) is 39.2. The van der Waals surface area contributed by atoms with Gasteiger partial charge in [-0.15, -0.1) is 0 Å². The molecule has 1 saturated heterocycles. The van der Waals surface area contributed by atoms with Crippen molar-refractivity contribution in [3.63, 3.8) is 0 Å². The van der Waals surface area contributed by atoms with E-state index in [0.29, 0.717) is 5.56 Å². The number of carbonyl (C=O) groups excluding carboxylic acids is 3. The monoisotopic (exact) mass is 751 g/mol. The van der Waals surface area contributed by atoms with Crippen LogP contribution in [0.25, 0.3) is 11.3 Å². The molecule has 3 atom stereocenters. The minimum absolute atomic E-state index is 0.0874. The minimum atomic E-state index is -4.68. The summed E-state index contributed by atoms with van der Waals surface area (Å²) >= 11 is 0. The van der Waals surface area contributed by atoms with Crippen LogP contribution in [0.4, 0.5) is 42.5 Å². The number of benzene rings is 1. The first-order chi connectivity index (χ1) is 24.5. The second-order valence-electron chi connectivity index (χ2n) is 14.6. The summed E-state index contributed by atoms with van der Waals surface area (Å²) in [6.07, 6.45) is -5.29. The molecule has 11 nitrogen and oxygen atoms in total. The highest BCUT2D eigenvalue weighted by Gasteiger charge is 2.46. The number of amides is 2. The summed E-state index contributed by atoms with van der Waals surface area (Å²) in [5.41, 5.74) is -4.25. The van der Waals surface area contributed by atoms with Crippen molar-refractivity contribution in [2.45, 2.75) is 90.3 Å². The molecule has 0 saturated carbocycles. The number of alkyl carbamates (subject to hydrolysis) is 1. The number of piperidine rings is 1. The van der Waals surface area contributed by atoms with Crippen LogP contribution in [0, 0.1) is 23.4 Å². The van der Waals surface area contributed by atoms with Gasteiger partial charge in [0.25, 0.3) is 5.91 Å². The standard InChI is InChI=1S/C36H39F6N5O6/c1-17(48)52-27-10-7-21-29(27)43-14-26(31(21)47-15-19(36(40,41)42)11-20(16-47)44-33(50)53-34(2,3)4)46-32(49)25-9-8-22(37)30(45-25)28-23(38)12-18(13-24(28)39)35(5,6)51/h8-9,12-14,19-20,27,51H,7,10-11,15-16H2,1-6H3,(H,44,50)(H,46,49). The molecule has 2 aliphatic rings. The molecule has 3 aromatic rings. The summed E-state index contributed by atoms with van der Waals surface area (Å²) in [7, 11) is 0. The van der Waals surface area contributed by atoms with E-state index in [9.17, 15) is 32.7 Å². The molecule has 3 unspecified atom stereocenters. The Kier molecular flexibility index (Phi) is 10.7. The number of hydrogen-bond acceptors (Lipinski definition) is 9. The molecule has 2 amide bonds. The molecule has 0 spiro atoms. The Balaban J connectivity index is 1.55.